The number of fused-ring (bicyclic) bond motifs is 1. The van der Waals surface area contributed by atoms with Crippen molar-refractivity contribution >= 4 is 46.6 Å². The van der Waals surface area contributed by atoms with Gasteiger partial charge >= 0.3 is 0 Å². The van der Waals surface area contributed by atoms with Crippen molar-refractivity contribution in [2.24, 2.45) is 0 Å². The first-order chi connectivity index (χ1) is 15.7. The van der Waals surface area contributed by atoms with E-state index in [0.717, 1.165) is 32.1 Å². The summed E-state index contributed by atoms with van der Waals surface area (Å²) in [5.41, 5.74) is 0.597. The van der Waals surface area contributed by atoms with Gasteiger partial charge in [-0.3, -0.25) is 9.59 Å². The van der Waals surface area contributed by atoms with Crippen molar-refractivity contribution in [3.8, 4) is 5.75 Å². The quantitative estimate of drug-likeness (QED) is 0.538. The Kier molecular flexibility index (Phi) is 7.37. The van der Waals surface area contributed by atoms with E-state index in [1.807, 2.05) is 0 Å². The van der Waals surface area contributed by atoms with Crippen LogP contribution in [0.1, 0.15) is 56.2 Å². The number of nitrogens with zero attached hydrogens (tertiary/aromatic N) is 1. The van der Waals surface area contributed by atoms with Gasteiger partial charge in [0.2, 0.25) is 5.91 Å². The lowest BCUT2D eigenvalue weighted by atomic mass is 9.94. The predicted octanol–water partition coefficient (Wildman–Crippen LogP) is 6.09. The molecule has 5 nitrogen and oxygen atoms in total. The van der Waals surface area contributed by atoms with Gasteiger partial charge in [-0.1, -0.05) is 60.1 Å². The monoisotopic (exact) mass is 512 g/mol. The maximum Gasteiger partial charge on any atom is 0.264 e. The zero-order chi connectivity index (χ0) is 23.7. The number of amides is 2. The molecule has 0 radical (unpaired) electrons. The number of benzene rings is 2. The second kappa shape index (κ2) is 10.1. The maximum absolute atomic E-state index is 14.7. The van der Waals surface area contributed by atoms with Crippen molar-refractivity contribution in [3.63, 3.8) is 0 Å². The van der Waals surface area contributed by atoms with Crippen LogP contribution in [0.2, 0.25) is 15.1 Å². The van der Waals surface area contributed by atoms with E-state index >= 15 is 0 Å². The molecule has 2 atom stereocenters. The summed E-state index contributed by atoms with van der Waals surface area (Å²) >= 11 is 18.6. The average molecular weight is 514 g/mol. The third-order valence-electron chi connectivity index (χ3n) is 6.12. The standard InChI is InChI=1S/C24H24Cl3FN2O3/c1-13-24(32)30(12-14-7-8-15(25)11-20(14)28)21(23(31)29-17-5-3-2-4-6-17)18-9-16(26)10-19(27)22(18)33-13/h7-11,13,17,21H,2-6,12H2,1H3,(H,29,31). The highest BCUT2D eigenvalue weighted by atomic mass is 35.5. The second-order valence-electron chi connectivity index (χ2n) is 8.51. The van der Waals surface area contributed by atoms with E-state index in [2.05, 4.69) is 5.32 Å². The summed E-state index contributed by atoms with van der Waals surface area (Å²) in [6.45, 7) is 1.42. The highest BCUT2D eigenvalue weighted by molar-refractivity contribution is 6.35. The van der Waals surface area contributed by atoms with Crippen LogP contribution in [0.4, 0.5) is 4.39 Å². The molecule has 1 saturated carbocycles. The minimum absolute atomic E-state index is 0.00942. The molecule has 1 aliphatic carbocycles. The highest BCUT2D eigenvalue weighted by Crippen LogP contribution is 2.42. The molecule has 2 unspecified atom stereocenters. The van der Waals surface area contributed by atoms with Crippen LogP contribution in [-0.2, 0) is 16.1 Å². The lowest BCUT2D eigenvalue weighted by Gasteiger charge is -2.32. The number of hydrogen-bond acceptors (Lipinski definition) is 3. The van der Waals surface area contributed by atoms with Crippen LogP contribution in [0.15, 0.2) is 30.3 Å². The van der Waals surface area contributed by atoms with Gasteiger partial charge in [-0.2, -0.15) is 0 Å². The van der Waals surface area contributed by atoms with E-state index < -0.39 is 23.9 Å². The molecule has 4 rings (SSSR count). The topological polar surface area (TPSA) is 58.6 Å². The van der Waals surface area contributed by atoms with Crippen LogP contribution >= 0.6 is 34.8 Å². The SMILES string of the molecule is CC1Oc2c(Cl)cc(Cl)cc2C(C(=O)NC2CCCCC2)N(Cc2ccc(Cl)cc2F)C1=O. The number of hydrogen-bond donors (Lipinski definition) is 1. The van der Waals surface area contributed by atoms with Gasteiger partial charge < -0.3 is 15.0 Å². The Balaban J connectivity index is 1.79. The van der Waals surface area contributed by atoms with Gasteiger partial charge in [0.15, 0.2) is 6.10 Å². The molecule has 0 spiro atoms. The normalized spacial score (nSPS) is 21.2. The van der Waals surface area contributed by atoms with Crippen LogP contribution in [0.25, 0.3) is 0 Å². The average Bonchev–Trinajstić information content (AvgIpc) is 2.86. The first-order valence-corrected chi connectivity index (χ1v) is 12.1. The second-order valence-corrected chi connectivity index (χ2v) is 9.79. The van der Waals surface area contributed by atoms with Crippen LogP contribution in [0, 0.1) is 5.82 Å². The van der Waals surface area contributed by atoms with Gasteiger partial charge in [0.25, 0.3) is 5.91 Å². The number of carbonyl (C=O) groups is 2. The van der Waals surface area contributed by atoms with Gasteiger partial charge in [0.05, 0.1) is 5.02 Å². The molecule has 0 aromatic heterocycles. The molecule has 1 heterocycles. The molecule has 0 saturated heterocycles. The molecule has 1 N–H and O–H groups in total. The fourth-order valence-corrected chi connectivity index (χ4v) is 5.19. The number of carbonyl (C=O) groups excluding carboxylic acids is 2. The van der Waals surface area contributed by atoms with Gasteiger partial charge in [0.1, 0.15) is 17.6 Å². The Morgan fingerprint density at radius 3 is 2.55 bits per heavy atom. The third-order valence-corrected chi connectivity index (χ3v) is 6.86. The zero-order valence-electron chi connectivity index (χ0n) is 18.0. The Morgan fingerprint density at radius 1 is 1.12 bits per heavy atom. The van der Waals surface area contributed by atoms with Crippen LogP contribution in [0.3, 0.4) is 0 Å². The Hall–Kier alpha value is -2.02. The number of nitrogens with one attached hydrogen (secondary N) is 1. The first-order valence-electron chi connectivity index (χ1n) is 10.9. The van der Waals surface area contributed by atoms with Crippen LogP contribution in [0.5, 0.6) is 5.75 Å². The highest BCUT2D eigenvalue weighted by Gasteiger charge is 2.41. The van der Waals surface area contributed by atoms with Crippen molar-refractivity contribution in [2.45, 2.75) is 63.8 Å². The van der Waals surface area contributed by atoms with E-state index in [1.54, 1.807) is 19.1 Å². The minimum Gasteiger partial charge on any atom is -0.479 e. The summed E-state index contributed by atoms with van der Waals surface area (Å²) in [5.74, 6) is -1.17. The summed E-state index contributed by atoms with van der Waals surface area (Å²) in [6.07, 6.45) is 3.99. The Bertz CT molecular complexity index is 1080. The first kappa shape index (κ1) is 24.1. The lowest BCUT2D eigenvalue weighted by Crippen LogP contribution is -2.48. The number of ether oxygens (including phenoxy) is 1. The van der Waals surface area contributed by atoms with Gasteiger partial charge in [0, 0.05) is 33.8 Å². The van der Waals surface area contributed by atoms with E-state index in [1.165, 1.54) is 23.1 Å². The third kappa shape index (κ3) is 5.23. The summed E-state index contributed by atoms with van der Waals surface area (Å²) < 4.78 is 20.5. The number of rotatable bonds is 4. The fraction of sp³-hybridized carbons (Fsp3) is 0.417. The minimum atomic E-state index is -1.09. The zero-order valence-corrected chi connectivity index (χ0v) is 20.3. The van der Waals surface area contributed by atoms with Gasteiger partial charge in [-0.05, 0) is 44.0 Å². The molecule has 1 fully saturated rings. The van der Waals surface area contributed by atoms with Crippen LogP contribution < -0.4 is 10.1 Å². The number of halogens is 4. The van der Waals surface area contributed by atoms with Crippen LogP contribution in [-0.4, -0.2) is 28.9 Å². The largest absolute Gasteiger partial charge is 0.479 e. The van der Waals surface area contributed by atoms with Crippen molar-refractivity contribution in [3.05, 3.63) is 62.3 Å². The summed E-state index contributed by atoms with van der Waals surface area (Å²) in [4.78, 5) is 28.4. The molecule has 1 aliphatic heterocycles. The van der Waals surface area contributed by atoms with Crippen molar-refractivity contribution < 1.29 is 18.7 Å². The molecule has 33 heavy (non-hydrogen) atoms. The predicted molar refractivity (Wildman–Crippen MR) is 126 cm³/mol. The van der Waals surface area contributed by atoms with Crippen molar-refractivity contribution in [2.75, 3.05) is 0 Å². The van der Waals surface area contributed by atoms with E-state index in [-0.39, 0.29) is 39.9 Å². The smallest absolute Gasteiger partial charge is 0.264 e. The van der Waals surface area contributed by atoms with Gasteiger partial charge in [-0.25, -0.2) is 4.39 Å². The Labute approximate surface area is 207 Å². The molecular weight excluding hydrogens is 490 g/mol. The summed E-state index contributed by atoms with van der Waals surface area (Å²) in [5, 5.41) is 3.83. The van der Waals surface area contributed by atoms with Crippen molar-refractivity contribution in [1.29, 1.82) is 0 Å². The molecule has 2 aliphatic rings. The molecule has 2 aromatic carbocycles. The summed E-state index contributed by atoms with van der Waals surface area (Å²) in [6, 6.07) is 6.22. The fourth-order valence-electron chi connectivity index (χ4n) is 4.48. The van der Waals surface area contributed by atoms with Gasteiger partial charge in [-0.15, -0.1) is 0 Å². The van der Waals surface area contributed by atoms with E-state index in [0.29, 0.717) is 10.6 Å². The Morgan fingerprint density at radius 2 is 1.85 bits per heavy atom. The summed E-state index contributed by atoms with van der Waals surface area (Å²) in [7, 11) is 0. The van der Waals surface area contributed by atoms with E-state index in [4.69, 9.17) is 39.5 Å². The van der Waals surface area contributed by atoms with Crippen molar-refractivity contribution in [1.82, 2.24) is 10.2 Å². The molecule has 2 aromatic rings. The van der Waals surface area contributed by atoms with E-state index in [9.17, 15) is 14.0 Å². The molecule has 2 amide bonds. The molecule has 9 heteroatoms. The molecular formula is C24H24Cl3FN2O3. The maximum atomic E-state index is 14.7. The molecule has 0 bridgehead atoms. The lowest BCUT2D eigenvalue weighted by molar-refractivity contribution is -0.145. The molecule has 176 valence electrons.